The van der Waals surface area contributed by atoms with Crippen molar-refractivity contribution in [2.75, 3.05) is 39.2 Å². The molecule has 1 N–H and O–H groups in total. The molecule has 0 atom stereocenters. The first-order chi connectivity index (χ1) is 10.6. The van der Waals surface area contributed by atoms with Crippen LogP contribution in [0.15, 0.2) is 24.3 Å². The van der Waals surface area contributed by atoms with Crippen molar-refractivity contribution in [2.24, 2.45) is 0 Å². The molecular weight excluding hydrogens is 304 g/mol. The second-order valence-electron chi connectivity index (χ2n) is 4.85. The summed E-state index contributed by atoms with van der Waals surface area (Å²) in [5.74, 6) is -0.402. The normalized spacial score (nSPS) is 14.6. The van der Waals surface area contributed by atoms with E-state index in [0.717, 1.165) is 6.42 Å². The van der Waals surface area contributed by atoms with Crippen LogP contribution in [0.2, 0.25) is 0 Å². The minimum atomic E-state index is -0.402. The quantitative estimate of drug-likeness (QED) is 0.655. The molecule has 0 amide bonds. The number of carbonyl (C=O) groups excluding carboxylic acids is 1. The van der Waals surface area contributed by atoms with Gasteiger partial charge in [0.25, 0.3) is 0 Å². The van der Waals surface area contributed by atoms with E-state index in [0.29, 0.717) is 36.1 Å². The van der Waals surface area contributed by atoms with Gasteiger partial charge in [-0.3, -0.25) is 0 Å². The number of hydrogen-bond donors (Lipinski definition) is 1. The number of nitrogens with zero attached hydrogens (tertiary/aromatic N) is 1. The van der Waals surface area contributed by atoms with E-state index in [1.807, 2.05) is 18.0 Å². The summed E-state index contributed by atoms with van der Waals surface area (Å²) in [5, 5.41) is 3.60. The Hall–Kier alpha value is -1.70. The lowest BCUT2D eigenvalue weighted by Crippen LogP contribution is -2.34. The molecule has 0 saturated carbocycles. The Balaban J connectivity index is 1.91. The smallest absolute Gasteiger partial charge is 0.339 e. The van der Waals surface area contributed by atoms with Gasteiger partial charge in [-0.1, -0.05) is 12.1 Å². The molecule has 1 saturated heterocycles. The number of benzene rings is 1. The minimum absolute atomic E-state index is 0.160. The van der Waals surface area contributed by atoms with Crippen LogP contribution < -0.4 is 5.32 Å². The molecule has 1 fully saturated rings. The Morgan fingerprint density at radius 2 is 2.09 bits per heavy atom. The van der Waals surface area contributed by atoms with E-state index in [9.17, 15) is 4.79 Å². The lowest BCUT2D eigenvalue weighted by Gasteiger charge is -2.23. The van der Waals surface area contributed by atoms with Gasteiger partial charge in [0, 0.05) is 20.0 Å². The number of esters is 1. The fourth-order valence-electron chi connectivity index (χ4n) is 2.07. The number of hydrogen-bond acceptors (Lipinski definition) is 5. The maximum Gasteiger partial charge on any atom is 0.339 e. The first-order valence-electron chi connectivity index (χ1n) is 7.04. The molecule has 1 aliphatic heterocycles. The average Bonchev–Trinajstić information content (AvgIpc) is 3.05. The van der Waals surface area contributed by atoms with Gasteiger partial charge < -0.3 is 24.4 Å². The third kappa shape index (κ3) is 4.40. The standard InChI is InChI=1S/C15H20N2O4S/c1-17(8-7-13-20-9-10-21-13)15(22)16-12-6-4-3-5-11(12)14(18)19-2/h3-6,13H,7-10H2,1-2H3,(H,16,22). The maximum atomic E-state index is 11.7. The second kappa shape index (κ2) is 8.07. The third-order valence-corrected chi connectivity index (χ3v) is 3.73. The van der Waals surface area contributed by atoms with Crippen molar-refractivity contribution in [3.8, 4) is 0 Å². The van der Waals surface area contributed by atoms with Crippen molar-refractivity contribution >= 4 is 29.0 Å². The van der Waals surface area contributed by atoms with Crippen LogP contribution >= 0.6 is 12.2 Å². The van der Waals surface area contributed by atoms with Crippen LogP contribution in [-0.4, -0.2) is 56.2 Å². The van der Waals surface area contributed by atoms with Crippen LogP contribution in [0.3, 0.4) is 0 Å². The molecule has 6 nitrogen and oxygen atoms in total. The van der Waals surface area contributed by atoms with Crippen LogP contribution in [-0.2, 0) is 14.2 Å². The Kier molecular flexibility index (Phi) is 6.11. The highest BCUT2D eigenvalue weighted by molar-refractivity contribution is 7.80. The van der Waals surface area contributed by atoms with Crippen LogP contribution in [0.5, 0.6) is 0 Å². The summed E-state index contributed by atoms with van der Waals surface area (Å²) in [6.07, 6.45) is 0.573. The predicted octanol–water partition coefficient (Wildman–Crippen LogP) is 1.86. The van der Waals surface area contributed by atoms with Crippen molar-refractivity contribution in [3.05, 3.63) is 29.8 Å². The summed E-state index contributed by atoms with van der Waals surface area (Å²) in [4.78, 5) is 13.6. The zero-order valence-corrected chi connectivity index (χ0v) is 13.5. The van der Waals surface area contributed by atoms with E-state index in [1.54, 1.807) is 18.2 Å². The monoisotopic (exact) mass is 324 g/mol. The second-order valence-corrected chi connectivity index (χ2v) is 5.24. The molecule has 0 bridgehead atoms. The first-order valence-corrected chi connectivity index (χ1v) is 7.45. The number of para-hydroxylation sites is 1. The zero-order valence-electron chi connectivity index (χ0n) is 12.7. The van der Waals surface area contributed by atoms with Gasteiger partial charge in [-0.25, -0.2) is 4.79 Å². The fourth-order valence-corrected chi connectivity index (χ4v) is 2.27. The fraction of sp³-hybridized carbons (Fsp3) is 0.467. The zero-order chi connectivity index (χ0) is 15.9. The molecule has 0 spiro atoms. The van der Waals surface area contributed by atoms with Gasteiger partial charge in [-0.15, -0.1) is 0 Å². The lowest BCUT2D eigenvalue weighted by atomic mass is 10.2. The van der Waals surface area contributed by atoms with Crippen LogP contribution in [0, 0.1) is 0 Å². The van der Waals surface area contributed by atoms with Crippen LogP contribution in [0.4, 0.5) is 5.69 Å². The maximum absolute atomic E-state index is 11.7. The number of ether oxygens (including phenoxy) is 3. The van der Waals surface area contributed by atoms with Gasteiger partial charge >= 0.3 is 5.97 Å². The molecule has 1 aromatic rings. The Morgan fingerprint density at radius 3 is 2.77 bits per heavy atom. The minimum Gasteiger partial charge on any atom is -0.465 e. The van der Waals surface area contributed by atoms with Crippen LogP contribution in [0.1, 0.15) is 16.8 Å². The largest absolute Gasteiger partial charge is 0.465 e. The van der Waals surface area contributed by atoms with E-state index in [2.05, 4.69) is 5.32 Å². The number of nitrogens with one attached hydrogen (secondary N) is 1. The van der Waals surface area contributed by atoms with Crippen molar-refractivity contribution in [3.63, 3.8) is 0 Å². The van der Waals surface area contributed by atoms with E-state index in [4.69, 9.17) is 26.4 Å². The molecule has 1 heterocycles. The van der Waals surface area contributed by atoms with Gasteiger partial charge in [0.2, 0.25) is 0 Å². The van der Waals surface area contributed by atoms with Crippen molar-refractivity contribution in [2.45, 2.75) is 12.7 Å². The average molecular weight is 324 g/mol. The molecule has 1 aromatic carbocycles. The van der Waals surface area contributed by atoms with Crippen molar-refractivity contribution < 1.29 is 19.0 Å². The summed E-state index contributed by atoms with van der Waals surface area (Å²) in [5.41, 5.74) is 1.07. The molecule has 7 heteroatoms. The molecular formula is C15H20N2O4S. The highest BCUT2D eigenvalue weighted by Gasteiger charge is 2.18. The SMILES string of the molecule is COC(=O)c1ccccc1NC(=S)N(C)CCC1OCCO1. The predicted molar refractivity (Wildman–Crippen MR) is 86.9 cm³/mol. The van der Waals surface area contributed by atoms with E-state index >= 15 is 0 Å². The Bertz CT molecular complexity index is 532. The Labute approximate surface area is 135 Å². The lowest BCUT2D eigenvalue weighted by molar-refractivity contribution is -0.0483. The molecule has 0 radical (unpaired) electrons. The number of thiocarbonyl (C=S) groups is 1. The topological polar surface area (TPSA) is 60.0 Å². The highest BCUT2D eigenvalue weighted by Crippen LogP contribution is 2.17. The van der Waals surface area contributed by atoms with Gasteiger partial charge in [0.15, 0.2) is 11.4 Å². The summed E-state index contributed by atoms with van der Waals surface area (Å²) in [6, 6.07) is 7.09. The summed E-state index contributed by atoms with van der Waals surface area (Å²) in [6.45, 7) is 1.98. The third-order valence-electron chi connectivity index (χ3n) is 3.31. The molecule has 1 aliphatic rings. The molecule has 2 rings (SSSR count). The van der Waals surface area contributed by atoms with E-state index in [1.165, 1.54) is 7.11 Å². The number of rotatable bonds is 5. The summed E-state index contributed by atoms with van der Waals surface area (Å²) < 4.78 is 15.6. The van der Waals surface area contributed by atoms with E-state index in [-0.39, 0.29) is 6.29 Å². The van der Waals surface area contributed by atoms with Gasteiger partial charge in [0.05, 0.1) is 31.6 Å². The summed E-state index contributed by atoms with van der Waals surface area (Å²) >= 11 is 5.36. The van der Waals surface area contributed by atoms with Gasteiger partial charge in [-0.05, 0) is 24.4 Å². The number of methoxy groups -OCH3 is 1. The molecule has 0 unspecified atom stereocenters. The molecule has 0 aliphatic carbocycles. The molecule has 0 aromatic heterocycles. The van der Waals surface area contributed by atoms with Gasteiger partial charge in [-0.2, -0.15) is 0 Å². The molecule has 22 heavy (non-hydrogen) atoms. The molecule has 120 valence electrons. The number of anilines is 1. The van der Waals surface area contributed by atoms with E-state index < -0.39 is 5.97 Å². The highest BCUT2D eigenvalue weighted by atomic mass is 32.1. The van der Waals surface area contributed by atoms with Crippen LogP contribution in [0.25, 0.3) is 0 Å². The first kappa shape index (κ1) is 16.7. The van der Waals surface area contributed by atoms with Crippen molar-refractivity contribution in [1.82, 2.24) is 4.90 Å². The Morgan fingerprint density at radius 1 is 1.41 bits per heavy atom. The van der Waals surface area contributed by atoms with Gasteiger partial charge in [0.1, 0.15) is 0 Å². The van der Waals surface area contributed by atoms with Crippen molar-refractivity contribution in [1.29, 1.82) is 0 Å². The summed E-state index contributed by atoms with van der Waals surface area (Å²) in [7, 11) is 3.23. The number of carbonyl (C=O) groups is 1.